The van der Waals surface area contributed by atoms with E-state index in [4.69, 9.17) is 4.74 Å². The summed E-state index contributed by atoms with van der Waals surface area (Å²) in [6.45, 7) is 5.23. The van der Waals surface area contributed by atoms with E-state index < -0.39 is 35.9 Å². The number of aryl methyl sites for hydroxylation is 1. The minimum atomic E-state index is -4.90. The summed E-state index contributed by atoms with van der Waals surface area (Å²) >= 11 is 0. The highest BCUT2D eigenvalue weighted by Gasteiger charge is 2.56. The zero-order valence-corrected chi connectivity index (χ0v) is 17.9. The van der Waals surface area contributed by atoms with Crippen molar-refractivity contribution >= 4 is 6.08 Å². The molecule has 168 valence electrons. The lowest BCUT2D eigenvalue weighted by molar-refractivity contribution is -0.266. The number of methoxy groups -OCH3 is 1. The third-order valence-electron chi connectivity index (χ3n) is 5.73. The number of hydrogen-bond donors (Lipinski definition) is 2. The smallest absolute Gasteiger partial charge is 0.417 e. The summed E-state index contributed by atoms with van der Waals surface area (Å²) in [5.41, 5.74) is -1.20. The van der Waals surface area contributed by atoms with Gasteiger partial charge in [-0.05, 0) is 59.7 Å². The molecule has 0 fully saturated rings. The Bertz CT molecular complexity index is 1000. The molecule has 1 atom stereocenters. The highest BCUT2D eigenvalue weighted by molar-refractivity contribution is 5.61. The number of fused-ring (bicyclic) bond motifs is 1. The molecule has 3 rings (SSSR count). The fourth-order valence-corrected chi connectivity index (χ4v) is 4.14. The van der Waals surface area contributed by atoms with Crippen LogP contribution >= 0.6 is 0 Å². The standard InChI is InChI=1S/C23H26F4N2O2/c1-14-10-28-11-15-12-29-17(8-18(14)15)9-22(30,23(25,26)27)13-21(2,3)19-7-16(24)5-6-20(19)31-4/h5-8,10-11,29-30H,9,12-13H2,1-4H3. The van der Waals surface area contributed by atoms with E-state index in [9.17, 15) is 22.7 Å². The Balaban J connectivity index is 1.97. The van der Waals surface area contributed by atoms with Gasteiger partial charge in [0.2, 0.25) is 0 Å². The number of aromatic nitrogens is 1. The van der Waals surface area contributed by atoms with Crippen molar-refractivity contribution in [3.63, 3.8) is 0 Å². The first-order valence-corrected chi connectivity index (χ1v) is 9.87. The van der Waals surface area contributed by atoms with Crippen molar-refractivity contribution in [2.24, 2.45) is 0 Å². The van der Waals surface area contributed by atoms with Crippen LogP contribution in [-0.2, 0) is 12.0 Å². The summed E-state index contributed by atoms with van der Waals surface area (Å²) in [7, 11) is 1.37. The van der Waals surface area contributed by atoms with Crippen LogP contribution in [0.4, 0.5) is 17.6 Å². The number of hydrogen-bond acceptors (Lipinski definition) is 4. The molecule has 0 bridgehead atoms. The van der Waals surface area contributed by atoms with E-state index in [1.807, 2.05) is 6.92 Å². The zero-order chi connectivity index (χ0) is 23.0. The van der Waals surface area contributed by atoms with Crippen LogP contribution in [0.2, 0.25) is 0 Å². The largest absolute Gasteiger partial charge is 0.496 e. The van der Waals surface area contributed by atoms with Crippen LogP contribution in [-0.4, -0.2) is 29.0 Å². The van der Waals surface area contributed by atoms with Gasteiger partial charge in [0.25, 0.3) is 0 Å². The number of aliphatic hydroxyl groups is 1. The maximum absolute atomic E-state index is 14.1. The van der Waals surface area contributed by atoms with Crippen molar-refractivity contribution in [1.82, 2.24) is 10.3 Å². The summed E-state index contributed by atoms with van der Waals surface area (Å²) in [6.07, 6.45) is -1.29. The van der Waals surface area contributed by atoms with Gasteiger partial charge in [0.15, 0.2) is 5.60 Å². The molecule has 2 aromatic rings. The normalized spacial score (nSPS) is 16.1. The molecule has 1 unspecified atom stereocenters. The molecule has 1 aromatic carbocycles. The van der Waals surface area contributed by atoms with Crippen LogP contribution in [0.15, 0.2) is 36.3 Å². The Labute approximate surface area is 179 Å². The Morgan fingerprint density at radius 3 is 2.55 bits per heavy atom. The lowest BCUT2D eigenvalue weighted by Gasteiger charge is -2.39. The Kier molecular flexibility index (Phi) is 6.06. The Morgan fingerprint density at radius 1 is 1.19 bits per heavy atom. The van der Waals surface area contributed by atoms with Crippen LogP contribution in [0.1, 0.15) is 48.9 Å². The maximum atomic E-state index is 14.1. The van der Waals surface area contributed by atoms with E-state index in [2.05, 4.69) is 10.3 Å². The molecule has 0 saturated heterocycles. The highest BCUT2D eigenvalue weighted by atomic mass is 19.4. The van der Waals surface area contributed by atoms with Crippen molar-refractivity contribution in [1.29, 1.82) is 0 Å². The number of alkyl halides is 3. The summed E-state index contributed by atoms with van der Waals surface area (Å²) in [6, 6.07) is 3.71. The predicted octanol–water partition coefficient (Wildman–Crippen LogP) is 5.03. The summed E-state index contributed by atoms with van der Waals surface area (Å²) in [5, 5.41) is 13.9. The Morgan fingerprint density at radius 2 is 1.90 bits per heavy atom. The van der Waals surface area contributed by atoms with Gasteiger partial charge in [-0.1, -0.05) is 13.8 Å². The zero-order valence-electron chi connectivity index (χ0n) is 17.9. The average molecular weight is 438 g/mol. The molecule has 0 spiro atoms. The quantitative estimate of drug-likeness (QED) is 0.621. The van der Waals surface area contributed by atoms with Gasteiger partial charge in [0.1, 0.15) is 11.6 Å². The van der Waals surface area contributed by atoms with E-state index in [1.54, 1.807) is 18.5 Å². The van der Waals surface area contributed by atoms with Crippen LogP contribution in [0.5, 0.6) is 5.75 Å². The van der Waals surface area contributed by atoms with E-state index in [0.717, 1.165) is 22.8 Å². The molecule has 31 heavy (non-hydrogen) atoms. The third-order valence-corrected chi connectivity index (χ3v) is 5.73. The minimum Gasteiger partial charge on any atom is -0.496 e. The lowest BCUT2D eigenvalue weighted by Crippen LogP contribution is -2.50. The number of rotatable bonds is 6. The predicted molar refractivity (Wildman–Crippen MR) is 110 cm³/mol. The highest BCUT2D eigenvalue weighted by Crippen LogP contribution is 2.46. The second-order valence-corrected chi connectivity index (χ2v) is 8.66. The lowest BCUT2D eigenvalue weighted by atomic mass is 9.73. The second-order valence-electron chi connectivity index (χ2n) is 8.66. The molecular formula is C23H26F4N2O2. The molecule has 0 aliphatic carbocycles. The maximum Gasteiger partial charge on any atom is 0.417 e. The number of ether oxygens (including phenoxy) is 1. The number of pyridine rings is 1. The van der Waals surface area contributed by atoms with Gasteiger partial charge >= 0.3 is 6.18 Å². The number of halogens is 4. The van der Waals surface area contributed by atoms with Crippen molar-refractivity contribution in [2.45, 2.75) is 57.3 Å². The number of nitrogens with zero attached hydrogens (tertiary/aromatic N) is 1. The SMILES string of the molecule is COc1ccc(F)cc1C(C)(C)CC(O)(CC1=Cc2c(C)cncc2CN1)C(F)(F)F. The van der Waals surface area contributed by atoms with Crippen LogP contribution in [0, 0.1) is 12.7 Å². The van der Waals surface area contributed by atoms with Gasteiger partial charge in [0.05, 0.1) is 7.11 Å². The van der Waals surface area contributed by atoms with Crippen molar-refractivity contribution in [2.75, 3.05) is 7.11 Å². The van der Waals surface area contributed by atoms with Crippen LogP contribution < -0.4 is 10.1 Å². The average Bonchev–Trinajstić information content (AvgIpc) is 2.67. The van der Waals surface area contributed by atoms with Crippen molar-refractivity contribution < 1.29 is 27.4 Å². The topological polar surface area (TPSA) is 54.4 Å². The van der Waals surface area contributed by atoms with Crippen LogP contribution in [0.3, 0.4) is 0 Å². The van der Waals surface area contributed by atoms with Crippen molar-refractivity contribution in [3.05, 3.63) is 64.4 Å². The summed E-state index contributed by atoms with van der Waals surface area (Å²) in [5.74, 6) is -0.320. The minimum absolute atomic E-state index is 0.260. The van der Waals surface area contributed by atoms with E-state index in [0.29, 0.717) is 6.54 Å². The van der Waals surface area contributed by atoms with E-state index in [1.165, 1.54) is 33.1 Å². The Hall–Kier alpha value is -2.61. The molecule has 8 heteroatoms. The van der Waals surface area contributed by atoms with Crippen molar-refractivity contribution in [3.8, 4) is 5.75 Å². The monoisotopic (exact) mass is 438 g/mol. The fourth-order valence-electron chi connectivity index (χ4n) is 4.14. The van der Waals surface area contributed by atoms with Gasteiger partial charge in [-0.15, -0.1) is 0 Å². The summed E-state index contributed by atoms with van der Waals surface area (Å²) in [4.78, 5) is 4.10. The molecule has 4 nitrogen and oxygen atoms in total. The van der Waals surface area contributed by atoms with Gasteiger partial charge in [-0.2, -0.15) is 13.2 Å². The molecule has 1 aliphatic heterocycles. The van der Waals surface area contributed by atoms with Crippen LogP contribution in [0.25, 0.3) is 6.08 Å². The molecule has 0 radical (unpaired) electrons. The first-order chi connectivity index (χ1) is 14.4. The van der Waals surface area contributed by atoms with Gasteiger partial charge in [0, 0.05) is 36.6 Å². The molecule has 2 N–H and O–H groups in total. The van der Waals surface area contributed by atoms with E-state index >= 15 is 0 Å². The fraction of sp³-hybridized carbons (Fsp3) is 0.435. The van der Waals surface area contributed by atoms with E-state index in [-0.39, 0.29) is 17.0 Å². The third kappa shape index (κ3) is 4.69. The first kappa shape index (κ1) is 23.1. The van der Waals surface area contributed by atoms with Gasteiger partial charge in [-0.3, -0.25) is 4.98 Å². The number of nitrogens with one attached hydrogen (secondary N) is 1. The first-order valence-electron chi connectivity index (χ1n) is 9.87. The summed E-state index contributed by atoms with van der Waals surface area (Å²) < 4.78 is 61.5. The number of benzene rings is 1. The molecule has 0 saturated carbocycles. The van der Waals surface area contributed by atoms with Gasteiger partial charge < -0.3 is 15.2 Å². The molecular weight excluding hydrogens is 412 g/mol. The van der Waals surface area contributed by atoms with Gasteiger partial charge in [-0.25, -0.2) is 4.39 Å². The molecule has 2 heterocycles. The molecule has 0 amide bonds. The second kappa shape index (κ2) is 8.15. The molecule has 1 aliphatic rings. The molecule has 1 aromatic heterocycles.